The number of hydrogen-bond acceptors (Lipinski definition) is 2. The average molecular weight is 250 g/mol. The quantitative estimate of drug-likeness (QED) is 0.903. The Morgan fingerprint density at radius 3 is 2.50 bits per heavy atom. The fourth-order valence-electron chi connectivity index (χ4n) is 1.53. The van der Waals surface area contributed by atoms with E-state index in [1.165, 1.54) is 0 Å². The Morgan fingerprint density at radius 1 is 1.06 bits per heavy atom. The fourth-order valence-corrected chi connectivity index (χ4v) is 1.53. The minimum atomic E-state index is -0.881. The van der Waals surface area contributed by atoms with Crippen LogP contribution in [-0.2, 0) is 0 Å². The van der Waals surface area contributed by atoms with Crippen LogP contribution in [0.5, 0.6) is 5.75 Å². The number of ether oxygens (including phenoxy) is 1. The first-order valence-corrected chi connectivity index (χ1v) is 5.47. The Hall–Kier alpha value is -1.94. The third-order valence-electron chi connectivity index (χ3n) is 2.47. The molecule has 0 bridgehead atoms. The van der Waals surface area contributed by atoms with Crippen LogP contribution >= 0.6 is 0 Å². The van der Waals surface area contributed by atoms with Gasteiger partial charge in [0.05, 0.1) is 0 Å². The molecule has 0 saturated heterocycles. The lowest BCUT2D eigenvalue weighted by molar-refractivity contribution is 0.105. The number of rotatable bonds is 4. The molecule has 0 aliphatic heterocycles. The third-order valence-corrected chi connectivity index (χ3v) is 2.47. The topological polar surface area (TPSA) is 29.5 Å². The summed E-state index contributed by atoms with van der Waals surface area (Å²) in [5, 5.41) is 9.80. The second-order valence-electron chi connectivity index (χ2n) is 3.81. The van der Waals surface area contributed by atoms with Gasteiger partial charge in [0, 0.05) is 6.07 Å². The molecular weight excluding hydrogens is 238 g/mol. The molecule has 0 aliphatic carbocycles. The minimum absolute atomic E-state index is 0.135. The summed E-state index contributed by atoms with van der Waals surface area (Å²) in [7, 11) is 0. The smallest absolute Gasteiger partial charge is 0.165 e. The summed E-state index contributed by atoms with van der Waals surface area (Å²) >= 11 is 0. The number of aliphatic hydroxyl groups is 1. The van der Waals surface area contributed by atoms with Gasteiger partial charge in [0.15, 0.2) is 11.6 Å². The van der Waals surface area contributed by atoms with Crippen molar-refractivity contribution in [3.63, 3.8) is 0 Å². The van der Waals surface area contributed by atoms with Crippen molar-refractivity contribution in [2.45, 2.75) is 6.10 Å². The predicted molar refractivity (Wildman–Crippen MR) is 63.3 cm³/mol. The van der Waals surface area contributed by atoms with Gasteiger partial charge in [-0.2, -0.15) is 0 Å². The molecule has 1 atom stereocenters. The van der Waals surface area contributed by atoms with Crippen molar-refractivity contribution in [3.05, 3.63) is 65.7 Å². The summed E-state index contributed by atoms with van der Waals surface area (Å²) in [5.74, 6) is -1.44. The van der Waals surface area contributed by atoms with Crippen LogP contribution in [0.3, 0.4) is 0 Å². The number of aliphatic hydroxyl groups excluding tert-OH is 1. The van der Waals surface area contributed by atoms with Crippen molar-refractivity contribution in [2.24, 2.45) is 0 Å². The maximum Gasteiger partial charge on any atom is 0.165 e. The maximum absolute atomic E-state index is 13.2. The lowest BCUT2D eigenvalue weighted by atomic mass is 10.1. The molecule has 0 aliphatic rings. The molecule has 0 fully saturated rings. The molecule has 0 aromatic heterocycles. The van der Waals surface area contributed by atoms with E-state index in [-0.39, 0.29) is 12.4 Å². The van der Waals surface area contributed by atoms with Crippen molar-refractivity contribution in [1.82, 2.24) is 0 Å². The van der Waals surface area contributed by atoms with Crippen molar-refractivity contribution in [1.29, 1.82) is 0 Å². The highest BCUT2D eigenvalue weighted by atomic mass is 19.1. The van der Waals surface area contributed by atoms with E-state index in [1.807, 2.05) is 6.07 Å². The molecule has 2 nitrogen and oxygen atoms in total. The zero-order chi connectivity index (χ0) is 13.0. The summed E-state index contributed by atoms with van der Waals surface area (Å²) in [6, 6.07) is 11.8. The first kappa shape index (κ1) is 12.5. The van der Waals surface area contributed by atoms with E-state index >= 15 is 0 Å². The van der Waals surface area contributed by atoms with Crippen LogP contribution in [-0.4, -0.2) is 11.7 Å². The van der Waals surface area contributed by atoms with E-state index in [4.69, 9.17) is 4.74 Å². The molecule has 18 heavy (non-hydrogen) atoms. The highest BCUT2D eigenvalue weighted by molar-refractivity contribution is 5.25. The van der Waals surface area contributed by atoms with E-state index in [0.717, 1.165) is 18.2 Å². The van der Waals surface area contributed by atoms with Gasteiger partial charge >= 0.3 is 0 Å². The van der Waals surface area contributed by atoms with Gasteiger partial charge in [0.1, 0.15) is 18.5 Å². The summed E-state index contributed by atoms with van der Waals surface area (Å²) in [6.45, 7) is -0.135. The normalized spacial score (nSPS) is 12.2. The third kappa shape index (κ3) is 3.05. The van der Waals surface area contributed by atoms with Crippen molar-refractivity contribution < 1.29 is 18.6 Å². The lowest BCUT2D eigenvalue weighted by Gasteiger charge is -2.13. The molecule has 2 aromatic carbocycles. The van der Waals surface area contributed by atoms with E-state index in [9.17, 15) is 13.9 Å². The molecule has 0 spiro atoms. The second kappa shape index (κ2) is 5.60. The minimum Gasteiger partial charge on any atom is -0.487 e. The van der Waals surface area contributed by atoms with Crippen LogP contribution in [0.1, 0.15) is 11.7 Å². The van der Waals surface area contributed by atoms with Crippen LogP contribution in [0.4, 0.5) is 8.78 Å². The molecular formula is C14H12F2O2. The van der Waals surface area contributed by atoms with Crippen LogP contribution in [0, 0.1) is 11.6 Å². The number of halogens is 2. The highest BCUT2D eigenvalue weighted by Crippen LogP contribution is 2.20. The average Bonchev–Trinajstić information content (AvgIpc) is 2.40. The Bertz CT molecular complexity index is 514. The van der Waals surface area contributed by atoms with Gasteiger partial charge in [-0.25, -0.2) is 8.78 Å². The van der Waals surface area contributed by atoms with Gasteiger partial charge in [0.2, 0.25) is 0 Å². The predicted octanol–water partition coefficient (Wildman–Crippen LogP) is 3.08. The summed E-state index contributed by atoms with van der Waals surface area (Å²) in [5.41, 5.74) is 0.661. The van der Waals surface area contributed by atoms with E-state index in [1.54, 1.807) is 24.3 Å². The number of hydrogen-bond donors (Lipinski definition) is 1. The van der Waals surface area contributed by atoms with Gasteiger partial charge in [-0.15, -0.1) is 0 Å². The lowest BCUT2D eigenvalue weighted by Crippen LogP contribution is -2.10. The van der Waals surface area contributed by atoms with E-state index in [0.29, 0.717) is 5.56 Å². The van der Waals surface area contributed by atoms with E-state index < -0.39 is 17.7 Å². The van der Waals surface area contributed by atoms with Gasteiger partial charge in [-0.05, 0) is 17.7 Å². The highest BCUT2D eigenvalue weighted by Gasteiger charge is 2.10. The van der Waals surface area contributed by atoms with Crippen molar-refractivity contribution in [2.75, 3.05) is 6.61 Å². The molecule has 2 rings (SSSR count). The monoisotopic (exact) mass is 250 g/mol. The zero-order valence-corrected chi connectivity index (χ0v) is 9.51. The first-order valence-electron chi connectivity index (χ1n) is 5.47. The van der Waals surface area contributed by atoms with Crippen LogP contribution in [0.15, 0.2) is 48.5 Å². The Labute approximate surface area is 103 Å². The largest absolute Gasteiger partial charge is 0.487 e. The van der Waals surface area contributed by atoms with E-state index in [2.05, 4.69) is 0 Å². The molecule has 1 N–H and O–H groups in total. The van der Waals surface area contributed by atoms with Gasteiger partial charge in [-0.1, -0.05) is 30.3 Å². The van der Waals surface area contributed by atoms with Gasteiger partial charge < -0.3 is 9.84 Å². The molecule has 0 heterocycles. The molecule has 0 saturated carbocycles. The molecule has 0 amide bonds. The molecule has 0 radical (unpaired) electrons. The van der Waals surface area contributed by atoms with Crippen LogP contribution in [0.2, 0.25) is 0 Å². The first-order chi connectivity index (χ1) is 8.66. The van der Waals surface area contributed by atoms with Gasteiger partial charge in [0.25, 0.3) is 0 Å². The van der Waals surface area contributed by atoms with Gasteiger partial charge in [-0.3, -0.25) is 0 Å². The second-order valence-corrected chi connectivity index (χ2v) is 3.81. The van der Waals surface area contributed by atoms with Crippen LogP contribution < -0.4 is 4.74 Å². The Balaban J connectivity index is 2.01. The standard InChI is InChI=1S/C14H12F2O2/c15-11-6-7-12(16)14(8-11)18-9-13(17)10-4-2-1-3-5-10/h1-8,13,17H,9H2. The number of benzene rings is 2. The molecule has 4 heteroatoms. The Morgan fingerprint density at radius 2 is 1.78 bits per heavy atom. The van der Waals surface area contributed by atoms with Crippen molar-refractivity contribution >= 4 is 0 Å². The summed E-state index contributed by atoms with van der Waals surface area (Å²) in [4.78, 5) is 0. The summed E-state index contributed by atoms with van der Waals surface area (Å²) < 4.78 is 31.2. The maximum atomic E-state index is 13.2. The molecule has 2 aromatic rings. The Kier molecular flexibility index (Phi) is 3.89. The molecule has 94 valence electrons. The fraction of sp³-hybridized carbons (Fsp3) is 0.143. The summed E-state index contributed by atoms with van der Waals surface area (Å²) in [6.07, 6.45) is -0.881. The molecule has 1 unspecified atom stereocenters. The zero-order valence-electron chi connectivity index (χ0n) is 9.51. The van der Waals surface area contributed by atoms with Crippen LogP contribution in [0.25, 0.3) is 0 Å². The SMILES string of the molecule is OC(COc1cc(F)ccc1F)c1ccccc1. The van der Waals surface area contributed by atoms with Crippen molar-refractivity contribution in [3.8, 4) is 5.75 Å².